The molecule has 2 rings (SSSR count). The zero-order valence-corrected chi connectivity index (χ0v) is 10.0. The molecule has 0 unspecified atom stereocenters. The molecule has 0 spiro atoms. The molecule has 0 aliphatic carbocycles. The van der Waals surface area contributed by atoms with Gasteiger partial charge in [0.2, 0.25) is 0 Å². The third kappa shape index (κ3) is 2.72. The molecule has 0 saturated carbocycles. The van der Waals surface area contributed by atoms with E-state index in [-0.39, 0.29) is 0 Å². The Balaban J connectivity index is 2.18. The molecule has 0 aliphatic heterocycles. The highest BCUT2D eigenvalue weighted by molar-refractivity contribution is 7.13. The number of rotatable bonds is 4. The van der Waals surface area contributed by atoms with Crippen LogP contribution in [0.4, 0.5) is 4.39 Å². The monoisotopic (exact) mass is 251 g/mol. The molecule has 2 nitrogen and oxygen atoms in total. The summed E-state index contributed by atoms with van der Waals surface area (Å²) < 4.78 is 12.3. The van der Waals surface area contributed by atoms with Gasteiger partial charge in [0.05, 0.1) is 12.1 Å². The van der Waals surface area contributed by atoms with Crippen molar-refractivity contribution in [3.05, 3.63) is 47.3 Å². The summed E-state index contributed by atoms with van der Waals surface area (Å²) in [5.41, 5.74) is 7.19. The molecule has 0 fully saturated rings. The largest absolute Gasteiger partial charge is 0.387 e. The first-order chi connectivity index (χ1) is 8.22. The fourth-order valence-electron chi connectivity index (χ4n) is 1.62. The van der Waals surface area contributed by atoms with Gasteiger partial charge < -0.3 is 10.8 Å². The molecule has 1 heterocycles. The van der Waals surface area contributed by atoms with E-state index in [2.05, 4.69) is 0 Å². The minimum absolute atomic E-state index is 0.649. The van der Waals surface area contributed by atoms with E-state index in [1.165, 1.54) is 4.88 Å². The Morgan fingerprint density at radius 3 is 2.47 bits per heavy atom. The maximum atomic E-state index is 12.3. The fourth-order valence-corrected chi connectivity index (χ4v) is 2.35. The van der Waals surface area contributed by atoms with Gasteiger partial charge in [-0.2, -0.15) is 0 Å². The average Bonchev–Trinajstić information content (AvgIpc) is 2.91. The summed E-state index contributed by atoms with van der Waals surface area (Å²) in [6, 6.07) is 10.6. The third-order valence-electron chi connectivity index (χ3n) is 2.64. The first kappa shape index (κ1) is 12.2. The van der Waals surface area contributed by atoms with Crippen molar-refractivity contribution in [2.24, 2.45) is 5.73 Å². The topological polar surface area (TPSA) is 46.2 Å². The van der Waals surface area contributed by atoms with E-state index in [1.807, 2.05) is 29.6 Å². The highest BCUT2D eigenvalue weighted by atomic mass is 32.1. The molecule has 1 aromatic heterocycles. The zero-order valence-electron chi connectivity index (χ0n) is 9.21. The normalized spacial score (nSPS) is 14.5. The van der Waals surface area contributed by atoms with Crippen LogP contribution in [0.15, 0.2) is 41.8 Å². The van der Waals surface area contributed by atoms with E-state index in [9.17, 15) is 9.50 Å². The molecule has 3 N–H and O–H groups in total. The Hall–Kier alpha value is -1.23. The Kier molecular flexibility index (Phi) is 3.89. The predicted octanol–water partition coefficient (Wildman–Crippen LogP) is 2.75. The molecule has 2 aromatic rings. The van der Waals surface area contributed by atoms with Gasteiger partial charge in [-0.25, -0.2) is 4.39 Å². The summed E-state index contributed by atoms with van der Waals surface area (Å²) in [4.78, 5) is 1.17. The number of nitrogens with two attached hydrogens (primary N) is 1. The molecule has 4 heteroatoms. The average molecular weight is 251 g/mol. The lowest BCUT2D eigenvalue weighted by atomic mass is 10.0. The van der Waals surface area contributed by atoms with Gasteiger partial charge in [-0.1, -0.05) is 30.3 Å². The summed E-state index contributed by atoms with van der Waals surface area (Å²) in [6.45, 7) is -0.728. The predicted molar refractivity (Wildman–Crippen MR) is 68.7 cm³/mol. The van der Waals surface area contributed by atoms with Crippen LogP contribution >= 0.6 is 11.3 Å². The number of hydrogen-bond acceptors (Lipinski definition) is 3. The minimum atomic E-state index is -0.947. The standard InChI is InChI=1S/C13H14FNOS/c14-8-11(15)13(16)10-5-3-9(4-6-10)12-2-1-7-17-12/h1-7,11,13,16H,8,15H2/t11-,13-/m1/s1. The van der Waals surface area contributed by atoms with Crippen molar-refractivity contribution in [3.8, 4) is 10.4 Å². The second kappa shape index (κ2) is 5.40. The molecule has 0 radical (unpaired) electrons. The van der Waals surface area contributed by atoms with Gasteiger partial charge in [0.15, 0.2) is 0 Å². The van der Waals surface area contributed by atoms with Crippen molar-refractivity contribution in [1.29, 1.82) is 0 Å². The Morgan fingerprint density at radius 2 is 1.94 bits per heavy atom. The third-order valence-corrected chi connectivity index (χ3v) is 3.56. The van der Waals surface area contributed by atoms with Crippen LogP contribution in [0, 0.1) is 0 Å². The second-order valence-corrected chi connectivity index (χ2v) is 4.81. The van der Waals surface area contributed by atoms with Crippen LogP contribution in [-0.4, -0.2) is 17.8 Å². The van der Waals surface area contributed by atoms with E-state index < -0.39 is 18.8 Å². The van der Waals surface area contributed by atoms with Crippen molar-refractivity contribution >= 4 is 11.3 Å². The van der Waals surface area contributed by atoms with Crippen molar-refractivity contribution in [1.82, 2.24) is 0 Å². The van der Waals surface area contributed by atoms with Gasteiger partial charge in [0, 0.05) is 4.88 Å². The highest BCUT2D eigenvalue weighted by Crippen LogP contribution is 2.26. The summed E-state index contributed by atoms with van der Waals surface area (Å²) in [5.74, 6) is 0. The lowest BCUT2D eigenvalue weighted by Crippen LogP contribution is -2.30. The van der Waals surface area contributed by atoms with Gasteiger partial charge in [-0.15, -0.1) is 11.3 Å². The summed E-state index contributed by atoms with van der Waals surface area (Å²) in [5, 5.41) is 11.8. The number of thiophene rings is 1. The van der Waals surface area contributed by atoms with E-state index in [0.29, 0.717) is 5.56 Å². The van der Waals surface area contributed by atoms with Crippen LogP contribution in [0.25, 0.3) is 10.4 Å². The molecule has 0 aliphatic rings. The highest BCUT2D eigenvalue weighted by Gasteiger charge is 2.16. The van der Waals surface area contributed by atoms with Crippen LogP contribution in [0.5, 0.6) is 0 Å². The molecular formula is C13H14FNOS. The lowest BCUT2D eigenvalue weighted by Gasteiger charge is -2.16. The van der Waals surface area contributed by atoms with Crippen LogP contribution in [-0.2, 0) is 0 Å². The van der Waals surface area contributed by atoms with E-state index in [4.69, 9.17) is 5.73 Å². The number of hydrogen-bond donors (Lipinski definition) is 2. The Bertz CT molecular complexity index is 455. The van der Waals surface area contributed by atoms with Crippen LogP contribution < -0.4 is 5.73 Å². The second-order valence-electron chi connectivity index (χ2n) is 3.86. The molecule has 17 heavy (non-hydrogen) atoms. The van der Waals surface area contributed by atoms with Gasteiger partial charge in [-0.05, 0) is 22.6 Å². The van der Waals surface area contributed by atoms with Gasteiger partial charge in [-0.3, -0.25) is 0 Å². The summed E-state index contributed by atoms with van der Waals surface area (Å²) in [7, 11) is 0. The quantitative estimate of drug-likeness (QED) is 0.877. The van der Waals surface area contributed by atoms with Crippen LogP contribution in [0.1, 0.15) is 11.7 Å². The zero-order chi connectivity index (χ0) is 12.3. The fraction of sp³-hybridized carbons (Fsp3) is 0.231. The van der Waals surface area contributed by atoms with Crippen molar-refractivity contribution in [3.63, 3.8) is 0 Å². The summed E-state index contributed by atoms with van der Waals surface area (Å²) in [6.07, 6.45) is -0.947. The molecule has 0 saturated heterocycles. The number of aliphatic hydroxyl groups is 1. The SMILES string of the molecule is N[C@H](CF)[C@H](O)c1ccc(-c2cccs2)cc1. The van der Waals surface area contributed by atoms with E-state index >= 15 is 0 Å². The number of aliphatic hydroxyl groups excluding tert-OH is 1. The first-order valence-electron chi connectivity index (χ1n) is 5.36. The minimum Gasteiger partial charge on any atom is -0.387 e. The maximum absolute atomic E-state index is 12.3. The number of alkyl halides is 1. The molecular weight excluding hydrogens is 237 g/mol. The molecule has 0 bridgehead atoms. The Morgan fingerprint density at radius 1 is 1.24 bits per heavy atom. The van der Waals surface area contributed by atoms with Crippen molar-refractivity contribution in [2.75, 3.05) is 6.67 Å². The molecule has 90 valence electrons. The van der Waals surface area contributed by atoms with Gasteiger partial charge in [0.25, 0.3) is 0 Å². The van der Waals surface area contributed by atoms with Gasteiger partial charge >= 0.3 is 0 Å². The number of halogens is 1. The van der Waals surface area contributed by atoms with E-state index in [1.54, 1.807) is 23.5 Å². The van der Waals surface area contributed by atoms with E-state index in [0.717, 1.165) is 5.56 Å². The molecule has 0 amide bonds. The smallest absolute Gasteiger partial charge is 0.107 e. The van der Waals surface area contributed by atoms with Crippen LogP contribution in [0.3, 0.4) is 0 Å². The van der Waals surface area contributed by atoms with Crippen molar-refractivity contribution < 1.29 is 9.50 Å². The van der Waals surface area contributed by atoms with Crippen LogP contribution in [0.2, 0.25) is 0 Å². The molecule has 1 aromatic carbocycles. The lowest BCUT2D eigenvalue weighted by molar-refractivity contribution is 0.132. The first-order valence-corrected chi connectivity index (χ1v) is 6.24. The Labute approximate surface area is 104 Å². The van der Waals surface area contributed by atoms with Crippen molar-refractivity contribution in [2.45, 2.75) is 12.1 Å². The maximum Gasteiger partial charge on any atom is 0.107 e. The summed E-state index contributed by atoms with van der Waals surface area (Å²) >= 11 is 1.65. The molecule has 2 atom stereocenters. The van der Waals surface area contributed by atoms with Gasteiger partial charge in [0.1, 0.15) is 6.67 Å². The number of benzene rings is 1.